The van der Waals surface area contributed by atoms with Gasteiger partial charge >= 0.3 is 0 Å². The zero-order valence-corrected chi connectivity index (χ0v) is 41.9. The van der Waals surface area contributed by atoms with Crippen LogP contribution in [0.15, 0.2) is 48.6 Å². The zero-order chi connectivity index (χ0) is 48.3. The maximum absolute atomic E-state index is 13.1. The summed E-state index contributed by atoms with van der Waals surface area (Å²) in [6.07, 6.45) is 43.0. The van der Waals surface area contributed by atoms with Gasteiger partial charge in [-0.15, -0.1) is 0 Å². The van der Waals surface area contributed by atoms with E-state index in [1.807, 2.05) is 0 Å². The monoisotopic (exact) mass is 936 g/mol. The molecule has 0 aliphatic carbocycles. The number of rotatable bonds is 45. The van der Waals surface area contributed by atoms with Gasteiger partial charge in [-0.3, -0.25) is 4.79 Å². The molecule has 0 bridgehead atoms. The molecular weight excluding hydrogens is 835 g/mol. The van der Waals surface area contributed by atoms with E-state index in [0.29, 0.717) is 19.3 Å². The molecule has 1 rings (SSSR count). The number of carbonyl (C=O) groups excluding carboxylic acids is 1. The first-order valence-corrected chi connectivity index (χ1v) is 27.0. The van der Waals surface area contributed by atoms with E-state index < -0.39 is 74.2 Å². The van der Waals surface area contributed by atoms with Gasteiger partial charge in [0, 0.05) is 0 Å². The molecule has 0 aromatic carbocycles. The van der Waals surface area contributed by atoms with Crippen molar-refractivity contribution in [1.82, 2.24) is 5.32 Å². The van der Waals surface area contributed by atoms with E-state index in [1.54, 1.807) is 0 Å². The van der Waals surface area contributed by atoms with E-state index in [1.165, 1.54) is 116 Å². The van der Waals surface area contributed by atoms with Crippen LogP contribution in [0.25, 0.3) is 0 Å². The summed E-state index contributed by atoms with van der Waals surface area (Å²) in [5.74, 6) is -0.717. The molecule has 9 unspecified atom stereocenters. The van der Waals surface area contributed by atoms with Gasteiger partial charge in [-0.2, -0.15) is 0 Å². The number of hydrogen-bond acceptors (Lipinski definition) is 10. The molecule has 9 atom stereocenters. The van der Waals surface area contributed by atoms with Crippen molar-refractivity contribution in [3.63, 3.8) is 0 Å². The summed E-state index contributed by atoms with van der Waals surface area (Å²) < 4.78 is 11.1. The Morgan fingerprint density at radius 1 is 0.515 bits per heavy atom. The number of carbonyl (C=O) groups is 1. The van der Waals surface area contributed by atoms with Crippen LogP contribution in [0.1, 0.15) is 226 Å². The van der Waals surface area contributed by atoms with Crippen LogP contribution in [0.5, 0.6) is 0 Å². The van der Waals surface area contributed by atoms with Gasteiger partial charge in [-0.05, 0) is 89.9 Å². The molecule has 8 N–H and O–H groups in total. The van der Waals surface area contributed by atoms with Crippen LogP contribution in [-0.4, -0.2) is 110 Å². The number of ether oxygens (including phenoxy) is 2. The lowest BCUT2D eigenvalue weighted by molar-refractivity contribution is -0.303. The molecule has 1 aliphatic heterocycles. The third-order valence-electron chi connectivity index (χ3n) is 12.8. The first-order chi connectivity index (χ1) is 32.2. The van der Waals surface area contributed by atoms with Crippen LogP contribution in [0.3, 0.4) is 0 Å². The second-order valence-electron chi connectivity index (χ2n) is 18.9. The van der Waals surface area contributed by atoms with E-state index in [9.17, 15) is 40.5 Å². The van der Waals surface area contributed by atoms with E-state index in [2.05, 4.69) is 67.8 Å². The average Bonchev–Trinajstić information content (AvgIpc) is 3.32. The molecule has 11 heteroatoms. The summed E-state index contributed by atoms with van der Waals surface area (Å²) in [4.78, 5) is 13.1. The molecule has 1 aliphatic rings. The molecule has 1 amide bonds. The highest BCUT2D eigenvalue weighted by atomic mass is 16.7. The van der Waals surface area contributed by atoms with Crippen molar-refractivity contribution in [3.8, 4) is 0 Å². The van der Waals surface area contributed by atoms with E-state index in [-0.39, 0.29) is 12.8 Å². The SMILES string of the molecule is CCCCCC/C=C/CC/C=C/CC/C=C/CCCC(O)C(O)C(COC1OC(CO)C(O)C(O)C1O)NC(=O)C(O)CCCCCCCC/C=C\CCCCCCCCCCCCCC. The van der Waals surface area contributed by atoms with Gasteiger partial charge in [0.15, 0.2) is 6.29 Å². The summed E-state index contributed by atoms with van der Waals surface area (Å²) in [6.45, 7) is 3.41. The van der Waals surface area contributed by atoms with E-state index in [4.69, 9.17) is 9.47 Å². The Balaban J connectivity index is 2.39. The number of nitrogens with one attached hydrogen (secondary N) is 1. The molecule has 1 heterocycles. The van der Waals surface area contributed by atoms with Gasteiger partial charge in [-0.25, -0.2) is 0 Å². The second-order valence-corrected chi connectivity index (χ2v) is 18.9. The zero-order valence-electron chi connectivity index (χ0n) is 41.9. The van der Waals surface area contributed by atoms with Gasteiger partial charge in [0.1, 0.15) is 36.6 Å². The van der Waals surface area contributed by atoms with Crippen molar-refractivity contribution in [3.05, 3.63) is 48.6 Å². The molecule has 11 nitrogen and oxygen atoms in total. The Morgan fingerprint density at radius 2 is 0.909 bits per heavy atom. The molecule has 0 aromatic heterocycles. The minimum Gasteiger partial charge on any atom is -0.394 e. The molecule has 66 heavy (non-hydrogen) atoms. The summed E-state index contributed by atoms with van der Waals surface area (Å²) in [6, 6.07) is -1.20. The maximum Gasteiger partial charge on any atom is 0.249 e. The highest BCUT2D eigenvalue weighted by molar-refractivity contribution is 5.80. The van der Waals surface area contributed by atoms with Gasteiger partial charge in [0.05, 0.1) is 25.4 Å². The molecular formula is C55H101NO10. The van der Waals surface area contributed by atoms with Crippen LogP contribution in [0.4, 0.5) is 0 Å². The van der Waals surface area contributed by atoms with Gasteiger partial charge in [0.2, 0.25) is 5.91 Å². The molecule has 0 radical (unpaired) electrons. The quantitative estimate of drug-likeness (QED) is 0.0216. The first kappa shape index (κ1) is 62.1. The highest BCUT2D eigenvalue weighted by Crippen LogP contribution is 2.23. The highest BCUT2D eigenvalue weighted by Gasteiger charge is 2.44. The largest absolute Gasteiger partial charge is 0.394 e. The predicted octanol–water partition coefficient (Wildman–Crippen LogP) is 10.5. The predicted molar refractivity (Wildman–Crippen MR) is 270 cm³/mol. The number of unbranched alkanes of at least 4 members (excludes halogenated alkanes) is 25. The minimum absolute atomic E-state index is 0.238. The lowest BCUT2D eigenvalue weighted by Crippen LogP contribution is -2.60. The van der Waals surface area contributed by atoms with Crippen molar-refractivity contribution < 1.29 is 50.0 Å². The van der Waals surface area contributed by atoms with Crippen molar-refractivity contribution in [1.29, 1.82) is 0 Å². The number of hydrogen-bond donors (Lipinski definition) is 8. The van der Waals surface area contributed by atoms with Crippen LogP contribution in [-0.2, 0) is 14.3 Å². The van der Waals surface area contributed by atoms with E-state index in [0.717, 1.165) is 64.2 Å². The van der Waals surface area contributed by atoms with Crippen molar-refractivity contribution in [2.75, 3.05) is 13.2 Å². The summed E-state index contributed by atoms with van der Waals surface area (Å²) in [5, 5.41) is 75.9. The molecule has 1 saturated heterocycles. The lowest BCUT2D eigenvalue weighted by atomic mass is 9.98. The Kier molecular flexibility index (Phi) is 41.7. The molecule has 1 fully saturated rings. The first-order valence-electron chi connectivity index (χ1n) is 27.0. The average molecular weight is 936 g/mol. The normalized spacial score (nSPS) is 21.1. The van der Waals surface area contributed by atoms with Gasteiger partial charge in [0.25, 0.3) is 0 Å². The van der Waals surface area contributed by atoms with Crippen LogP contribution in [0.2, 0.25) is 0 Å². The Bertz CT molecular complexity index is 1210. The molecule has 0 saturated carbocycles. The van der Waals surface area contributed by atoms with Gasteiger partial charge < -0.3 is 50.5 Å². The maximum atomic E-state index is 13.1. The molecule has 0 spiro atoms. The fraction of sp³-hybridized carbons (Fsp3) is 0.836. The molecule has 0 aromatic rings. The van der Waals surface area contributed by atoms with Gasteiger partial charge in [-0.1, -0.05) is 184 Å². The number of aliphatic hydroxyl groups is 7. The third-order valence-corrected chi connectivity index (χ3v) is 12.8. The second kappa shape index (κ2) is 44.3. The van der Waals surface area contributed by atoms with Crippen LogP contribution < -0.4 is 5.32 Å². The van der Waals surface area contributed by atoms with E-state index >= 15 is 0 Å². The number of aliphatic hydroxyl groups excluding tert-OH is 7. The molecule has 386 valence electrons. The lowest BCUT2D eigenvalue weighted by Gasteiger charge is -2.40. The third kappa shape index (κ3) is 32.8. The fourth-order valence-corrected chi connectivity index (χ4v) is 8.35. The van der Waals surface area contributed by atoms with Crippen LogP contribution >= 0.6 is 0 Å². The minimum atomic E-state index is -1.67. The van der Waals surface area contributed by atoms with Crippen LogP contribution in [0, 0.1) is 0 Å². The van der Waals surface area contributed by atoms with Crippen molar-refractivity contribution in [2.24, 2.45) is 0 Å². The summed E-state index contributed by atoms with van der Waals surface area (Å²) in [7, 11) is 0. The topological polar surface area (TPSA) is 189 Å². The van der Waals surface area contributed by atoms with Crippen molar-refractivity contribution in [2.45, 2.75) is 281 Å². The summed E-state index contributed by atoms with van der Waals surface area (Å²) in [5.41, 5.74) is 0. The Hall–Kier alpha value is -1.93. The fourth-order valence-electron chi connectivity index (χ4n) is 8.35. The smallest absolute Gasteiger partial charge is 0.249 e. The Labute approximate surface area is 402 Å². The number of amides is 1. The standard InChI is InChI=1S/C55H101NO10/c1-3-5-7-9-11-13-15-17-19-21-22-23-24-25-27-29-31-33-35-37-39-41-43-48(59)54(64)56-46(45-65-55-53(63)52(62)51(61)49(44-57)66-55)50(60)47(58)42-40-38-36-34-32-30-28-26-20-18-16-14-12-10-8-6-4-2/h14,16,25-28,34,36,46-53,55,57-63H,3-13,15,17-24,29-33,35,37-45H2,1-2H3,(H,56,64)/b16-14+,27-25-,28-26+,36-34+. The van der Waals surface area contributed by atoms with Crippen molar-refractivity contribution >= 4 is 5.91 Å². The number of allylic oxidation sites excluding steroid dienone is 8. The summed E-state index contributed by atoms with van der Waals surface area (Å²) >= 11 is 0. The Morgan fingerprint density at radius 3 is 1.36 bits per heavy atom.